The molecule has 5 heteroatoms. The second kappa shape index (κ2) is 5.82. The van der Waals surface area contributed by atoms with Gasteiger partial charge in [0, 0.05) is 25.1 Å². The van der Waals surface area contributed by atoms with E-state index in [1.807, 2.05) is 19.1 Å². The van der Waals surface area contributed by atoms with Crippen molar-refractivity contribution in [2.75, 3.05) is 0 Å². The normalized spacial score (nSPS) is 12.7. The number of halogens is 3. The third kappa shape index (κ3) is 3.41. The van der Waals surface area contributed by atoms with Crippen LogP contribution in [-0.4, -0.2) is 5.11 Å². The molecular formula is C13H11Br2FOS. The molecule has 2 aromatic rings. The Bertz CT molecular complexity index is 528. The monoisotopic (exact) mass is 392 g/mol. The zero-order valence-electron chi connectivity index (χ0n) is 9.58. The first-order valence-electron chi connectivity index (χ1n) is 5.34. The summed E-state index contributed by atoms with van der Waals surface area (Å²) in [7, 11) is 0. The molecule has 0 radical (unpaired) electrons. The molecule has 1 aromatic carbocycles. The lowest BCUT2D eigenvalue weighted by Crippen LogP contribution is -2.00. The lowest BCUT2D eigenvalue weighted by Gasteiger charge is -2.09. The van der Waals surface area contributed by atoms with Gasteiger partial charge >= 0.3 is 0 Å². The molecule has 1 heterocycles. The molecule has 0 fully saturated rings. The van der Waals surface area contributed by atoms with Gasteiger partial charge in [-0.05, 0) is 52.7 Å². The van der Waals surface area contributed by atoms with Crippen molar-refractivity contribution in [1.29, 1.82) is 0 Å². The Morgan fingerprint density at radius 1 is 1.28 bits per heavy atom. The summed E-state index contributed by atoms with van der Waals surface area (Å²) in [6, 6.07) is 6.59. The van der Waals surface area contributed by atoms with Gasteiger partial charge < -0.3 is 5.11 Å². The van der Waals surface area contributed by atoms with E-state index in [4.69, 9.17) is 0 Å². The standard InChI is InChI=1S/C13H11Br2FOS/c1-7-11(15)6-13(18-7)12(17)4-8-2-9(14)5-10(16)3-8/h2-3,5-6,12,17H,4H2,1H3. The highest BCUT2D eigenvalue weighted by atomic mass is 79.9. The van der Waals surface area contributed by atoms with Crippen LogP contribution in [0.2, 0.25) is 0 Å². The van der Waals surface area contributed by atoms with E-state index in [2.05, 4.69) is 31.9 Å². The first kappa shape index (κ1) is 14.2. The van der Waals surface area contributed by atoms with Crippen LogP contribution >= 0.6 is 43.2 Å². The first-order chi connectivity index (χ1) is 8.45. The van der Waals surface area contributed by atoms with Crippen molar-refractivity contribution in [1.82, 2.24) is 0 Å². The maximum Gasteiger partial charge on any atom is 0.124 e. The van der Waals surface area contributed by atoms with Gasteiger partial charge in [0.1, 0.15) is 5.82 Å². The summed E-state index contributed by atoms with van der Waals surface area (Å²) in [5, 5.41) is 10.1. The van der Waals surface area contributed by atoms with Crippen LogP contribution in [0, 0.1) is 12.7 Å². The lowest BCUT2D eigenvalue weighted by atomic mass is 10.1. The molecule has 0 saturated carbocycles. The third-order valence-electron chi connectivity index (χ3n) is 2.56. The fourth-order valence-corrected chi connectivity index (χ4v) is 3.76. The zero-order chi connectivity index (χ0) is 13.3. The first-order valence-corrected chi connectivity index (χ1v) is 7.75. The van der Waals surface area contributed by atoms with Gasteiger partial charge in [0.15, 0.2) is 0 Å². The van der Waals surface area contributed by atoms with Crippen molar-refractivity contribution in [3.63, 3.8) is 0 Å². The number of rotatable bonds is 3. The van der Waals surface area contributed by atoms with Crippen LogP contribution in [0.1, 0.15) is 21.4 Å². The molecule has 0 amide bonds. The van der Waals surface area contributed by atoms with Crippen molar-refractivity contribution in [3.8, 4) is 0 Å². The summed E-state index contributed by atoms with van der Waals surface area (Å²) in [5.41, 5.74) is 0.775. The molecule has 0 aliphatic heterocycles. The Balaban J connectivity index is 2.18. The Kier molecular flexibility index (Phi) is 4.59. The van der Waals surface area contributed by atoms with Gasteiger partial charge in [-0.25, -0.2) is 4.39 Å². The van der Waals surface area contributed by atoms with Crippen molar-refractivity contribution in [2.24, 2.45) is 0 Å². The molecule has 2 rings (SSSR count). The minimum Gasteiger partial charge on any atom is -0.387 e. The van der Waals surface area contributed by atoms with E-state index in [1.54, 1.807) is 11.3 Å². The molecule has 1 unspecified atom stereocenters. The Morgan fingerprint density at radius 3 is 2.56 bits per heavy atom. The van der Waals surface area contributed by atoms with Crippen LogP contribution in [0.15, 0.2) is 33.2 Å². The topological polar surface area (TPSA) is 20.2 Å². The fourth-order valence-electron chi connectivity index (χ4n) is 1.70. The largest absolute Gasteiger partial charge is 0.387 e. The van der Waals surface area contributed by atoms with Gasteiger partial charge in [-0.2, -0.15) is 0 Å². The predicted octanol–water partition coefficient (Wildman–Crippen LogP) is 5.00. The Labute approximate surface area is 126 Å². The van der Waals surface area contributed by atoms with Crippen LogP contribution in [0.4, 0.5) is 4.39 Å². The summed E-state index contributed by atoms with van der Waals surface area (Å²) in [6.45, 7) is 1.99. The lowest BCUT2D eigenvalue weighted by molar-refractivity contribution is 0.182. The van der Waals surface area contributed by atoms with Crippen LogP contribution < -0.4 is 0 Å². The maximum atomic E-state index is 13.2. The molecule has 0 spiro atoms. The average Bonchev–Trinajstić information content (AvgIpc) is 2.57. The predicted molar refractivity (Wildman–Crippen MR) is 79.5 cm³/mol. The van der Waals surface area contributed by atoms with E-state index in [-0.39, 0.29) is 5.82 Å². The van der Waals surface area contributed by atoms with E-state index in [0.29, 0.717) is 10.9 Å². The average molecular weight is 394 g/mol. The fraction of sp³-hybridized carbons (Fsp3) is 0.231. The van der Waals surface area contributed by atoms with Gasteiger partial charge in [-0.3, -0.25) is 0 Å². The van der Waals surface area contributed by atoms with Gasteiger partial charge in [0.05, 0.1) is 6.10 Å². The quantitative estimate of drug-likeness (QED) is 0.778. The van der Waals surface area contributed by atoms with Crippen molar-refractivity contribution in [2.45, 2.75) is 19.4 Å². The van der Waals surface area contributed by atoms with Gasteiger partial charge in [-0.15, -0.1) is 11.3 Å². The smallest absolute Gasteiger partial charge is 0.124 e. The van der Waals surface area contributed by atoms with Gasteiger partial charge in [0.25, 0.3) is 0 Å². The van der Waals surface area contributed by atoms with Crippen molar-refractivity contribution in [3.05, 3.63) is 54.3 Å². The molecule has 1 N–H and O–H groups in total. The second-order valence-corrected chi connectivity index (χ2v) is 7.11. The van der Waals surface area contributed by atoms with Crippen LogP contribution in [0.3, 0.4) is 0 Å². The SMILES string of the molecule is Cc1sc(C(O)Cc2cc(F)cc(Br)c2)cc1Br. The number of aryl methyl sites for hydroxylation is 1. The number of aliphatic hydroxyl groups is 1. The second-order valence-electron chi connectivity index (χ2n) is 4.05. The summed E-state index contributed by atoms with van der Waals surface area (Å²) in [5.74, 6) is -0.296. The minimum absolute atomic E-state index is 0.296. The van der Waals surface area contributed by atoms with E-state index < -0.39 is 6.10 Å². The van der Waals surface area contributed by atoms with Crippen LogP contribution in [0.5, 0.6) is 0 Å². The summed E-state index contributed by atoms with van der Waals surface area (Å²) in [4.78, 5) is 2.02. The van der Waals surface area contributed by atoms with E-state index >= 15 is 0 Å². The van der Waals surface area contributed by atoms with Crippen molar-refractivity contribution >= 4 is 43.2 Å². The highest BCUT2D eigenvalue weighted by molar-refractivity contribution is 9.10. The molecule has 0 aliphatic carbocycles. The molecule has 18 heavy (non-hydrogen) atoms. The summed E-state index contributed by atoms with van der Waals surface area (Å²) in [6.07, 6.45) is -0.198. The summed E-state index contributed by atoms with van der Waals surface area (Å²) >= 11 is 8.22. The molecule has 96 valence electrons. The van der Waals surface area contributed by atoms with Crippen molar-refractivity contribution < 1.29 is 9.50 Å². The van der Waals surface area contributed by atoms with E-state index in [0.717, 1.165) is 19.8 Å². The number of aliphatic hydroxyl groups excluding tert-OH is 1. The zero-order valence-corrected chi connectivity index (χ0v) is 13.6. The molecule has 0 bridgehead atoms. The third-order valence-corrected chi connectivity index (χ3v) is 5.25. The highest BCUT2D eigenvalue weighted by Crippen LogP contribution is 2.32. The molecular weight excluding hydrogens is 383 g/mol. The molecule has 1 nitrogen and oxygen atoms in total. The van der Waals surface area contributed by atoms with Gasteiger partial charge in [0.2, 0.25) is 0 Å². The molecule has 0 saturated heterocycles. The van der Waals surface area contributed by atoms with E-state index in [1.165, 1.54) is 12.1 Å². The van der Waals surface area contributed by atoms with Crippen LogP contribution in [0.25, 0.3) is 0 Å². The molecule has 1 aromatic heterocycles. The summed E-state index contributed by atoms with van der Waals surface area (Å²) < 4.78 is 14.9. The minimum atomic E-state index is -0.603. The van der Waals surface area contributed by atoms with Gasteiger partial charge in [-0.1, -0.05) is 15.9 Å². The number of hydrogen-bond acceptors (Lipinski definition) is 2. The number of thiophene rings is 1. The molecule has 0 aliphatic rings. The molecule has 1 atom stereocenters. The highest BCUT2D eigenvalue weighted by Gasteiger charge is 2.13. The van der Waals surface area contributed by atoms with Crippen LogP contribution in [-0.2, 0) is 6.42 Å². The number of benzene rings is 1. The number of hydrogen-bond donors (Lipinski definition) is 1. The Hall–Kier alpha value is -0.230. The Morgan fingerprint density at radius 2 is 2.00 bits per heavy atom. The van der Waals surface area contributed by atoms with E-state index in [9.17, 15) is 9.50 Å². The maximum absolute atomic E-state index is 13.2.